The van der Waals surface area contributed by atoms with E-state index in [-0.39, 0.29) is 74.4 Å². The molecular formula is C46H52N2O13. The van der Waals surface area contributed by atoms with Gasteiger partial charge in [0.05, 0.1) is 35.2 Å². The Bertz CT molecular complexity index is 2120. The number of piperidine rings is 2. The average Bonchev–Trinajstić information content (AvgIpc) is 4.17. The molecule has 8 atom stereocenters. The molecule has 2 aromatic carbocycles. The molecule has 0 radical (unpaired) electrons. The fourth-order valence-electron chi connectivity index (χ4n) is 13.1. The Morgan fingerprint density at radius 1 is 0.656 bits per heavy atom. The fraction of sp³-hybridized carbons (Fsp3) is 0.609. The molecule has 4 bridgehead atoms. The number of hydrogen-bond acceptors (Lipinski definition) is 15. The van der Waals surface area contributed by atoms with Gasteiger partial charge in [0.15, 0.2) is 35.2 Å². The van der Waals surface area contributed by atoms with Gasteiger partial charge in [-0.2, -0.15) is 0 Å². The van der Waals surface area contributed by atoms with Gasteiger partial charge >= 0.3 is 12.3 Å². The van der Waals surface area contributed by atoms with Crippen molar-refractivity contribution in [2.24, 2.45) is 11.8 Å². The highest BCUT2D eigenvalue weighted by atomic mass is 16.7. The molecule has 61 heavy (non-hydrogen) atoms. The van der Waals surface area contributed by atoms with Gasteiger partial charge in [-0.3, -0.25) is 9.80 Å². The van der Waals surface area contributed by atoms with Crippen LogP contribution >= 0.6 is 0 Å². The van der Waals surface area contributed by atoms with Crippen LogP contribution in [0, 0.1) is 11.8 Å². The minimum atomic E-state index is -1.16. The van der Waals surface area contributed by atoms with Gasteiger partial charge in [0.25, 0.3) is 0 Å². The Balaban J connectivity index is 0.643. The van der Waals surface area contributed by atoms with E-state index in [1.807, 2.05) is 12.1 Å². The highest BCUT2D eigenvalue weighted by Gasteiger charge is 2.74. The van der Waals surface area contributed by atoms with E-state index in [2.05, 4.69) is 9.80 Å². The number of ether oxygens (including phenoxy) is 7. The molecule has 15 heteroatoms. The van der Waals surface area contributed by atoms with Crippen molar-refractivity contribution in [2.75, 3.05) is 52.6 Å². The van der Waals surface area contributed by atoms with Gasteiger partial charge in [-0.05, 0) is 112 Å². The summed E-state index contributed by atoms with van der Waals surface area (Å²) >= 11 is 0. The van der Waals surface area contributed by atoms with Crippen LogP contribution in [0.5, 0.6) is 23.0 Å². The Labute approximate surface area is 352 Å². The van der Waals surface area contributed by atoms with Gasteiger partial charge < -0.3 is 53.6 Å². The number of nitrogens with zero attached hydrogens (tertiary/aromatic N) is 2. The summed E-state index contributed by atoms with van der Waals surface area (Å²) < 4.78 is 40.6. The minimum absolute atomic E-state index is 0.00121. The molecule has 0 aromatic heterocycles. The molecular weight excluding hydrogens is 789 g/mol. The first kappa shape index (κ1) is 38.2. The zero-order valence-electron chi connectivity index (χ0n) is 34.0. The number of hydrogen-bond donors (Lipinski definition) is 4. The molecule has 10 aliphatic rings. The maximum Gasteiger partial charge on any atom is 0.513 e. The van der Waals surface area contributed by atoms with Crippen molar-refractivity contribution >= 4 is 12.3 Å². The molecule has 0 unspecified atom stereocenters. The molecule has 12 rings (SSSR count). The van der Waals surface area contributed by atoms with Crippen molar-refractivity contribution in [3.05, 3.63) is 70.2 Å². The number of phenolic OH excluding ortho intramolecular Hbond substituents is 2. The van der Waals surface area contributed by atoms with Crippen molar-refractivity contribution in [1.29, 1.82) is 0 Å². The molecule has 4 heterocycles. The van der Waals surface area contributed by atoms with Gasteiger partial charge in [-0.1, -0.05) is 12.1 Å². The number of carbonyl (C=O) groups is 2. The number of phenols is 2. The predicted octanol–water partition coefficient (Wildman–Crippen LogP) is 4.24. The van der Waals surface area contributed by atoms with Crippen molar-refractivity contribution in [3.63, 3.8) is 0 Å². The van der Waals surface area contributed by atoms with Crippen molar-refractivity contribution in [2.45, 2.75) is 111 Å². The van der Waals surface area contributed by atoms with E-state index in [9.17, 15) is 30.0 Å². The van der Waals surface area contributed by atoms with Crippen molar-refractivity contribution in [3.8, 4) is 23.0 Å². The second kappa shape index (κ2) is 13.5. The summed E-state index contributed by atoms with van der Waals surface area (Å²) in [5, 5.41) is 46.9. The molecule has 2 spiro atoms. The average molecular weight is 841 g/mol. The van der Waals surface area contributed by atoms with Crippen LogP contribution in [0.15, 0.2) is 47.9 Å². The third kappa shape index (κ3) is 5.39. The van der Waals surface area contributed by atoms with Crippen LogP contribution in [-0.2, 0) is 47.4 Å². The maximum atomic E-state index is 13.0. The van der Waals surface area contributed by atoms with Crippen LogP contribution in [0.1, 0.15) is 73.6 Å². The molecule has 4 fully saturated rings. The second-order valence-electron chi connectivity index (χ2n) is 19.1. The van der Waals surface area contributed by atoms with Crippen LogP contribution < -0.4 is 9.47 Å². The van der Waals surface area contributed by atoms with E-state index in [0.29, 0.717) is 49.0 Å². The number of benzene rings is 2. The van der Waals surface area contributed by atoms with Crippen molar-refractivity contribution in [1.82, 2.24) is 9.80 Å². The second-order valence-corrected chi connectivity index (χ2v) is 19.1. The van der Waals surface area contributed by atoms with E-state index in [1.54, 1.807) is 24.3 Å². The predicted molar refractivity (Wildman–Crippen MR) is 212 cm³/mol. The zero-order chi connectivity index (χ0) is 41.5. The van der Waals surface area contributed by atoms with Crippen LogP contribution in [0.25, 0.3) is 0 Å². The number of aliphatic hydroxyl groups is 2. The lowest BCUT2D eigenvalue weighted by molar-refractivity contribution is -0.169. The van der Waals surface area contributed by atoms with E-state index in [1.165, 1.54) is 25.7 Å². The number of aromatic hydroxyl groups is 2. The third-order valence-electron chi connectivity index (χ3n) is 16.1. The maximum absolute atomic E-state index is 13.0. The number of rotatable bonds is 12. The topological polar surface area (TPSA) is 186 Å². The van der Waals surface area contributed by atoms with E-state index >= 15 is 0 Å². The van der Waals surface area contributed by atoms with Gasteiger partial charge in [-0.25, -0.2) is 9.59 Å². The van der Waals surface area contributed by atoms with Crippen LogP contribution in [-0.4, -0.2) is 131 Å². The molecule has 2 saturated carbocycles. The summed E-state index contributed by atoms with van der Waals surface area (Å²) in [7, 11) is 0. The smallest absolute Gasteiger partial charge is 0.504 e. The molecule has 15 nitrogen and oxygen atoms in total. The van der Waals surface area contributed by atoms with Gasteiger partial charge in [0, 0.05) is 49.1 Å². The quantitative estimate of drug-likeness (QED) is 0.176. The van der Waals surface area contributed by atoms with E-state index in [4.69, 9.17) is 33.2 Å². The molecule has 2 saturated heterocycles. The Morgan fingerprint density at radius 3 is 1.52 bits per heavy atom. The fourth-order valence-corrected chi connectivity index (χ4v) is 13.1. The Hall–Kier alpha value is -4.54. The minimum Gasteiger partial charge on any atom is -0.504 e. The summed E-state index contributed by atoms with van der Waals surface area (Å²) in [5.74, 6) is 2.53. The summed E-state index contributed by atoms with van der Waals surface area (Å²) in [6.07, 6.45) is 7.86. The Kier molecular flexibility index (Phi) is 8.43. The highest BCUT2D eigenvalue weighted by molar-refractivity contribution is 5.68. The van der Waals surface area contributed by atoms with Gasteiger partial charge in [0.1, 0.15) is 24.7 Å². The lowest BCUT2D eigenvalue weighted by Gasteiger charge is -2.62. The SMILES string of the molecule is O=C(OCCOCCOC(=O)OC1=CC[C@]2(O)[C@@H]3Cc4ccc(O)c5c4[C@]2(CCN3CC2CC2)[C@@H]1O5)OC1=CC[C@]2(O)[C@@H]3Cc4ccc(O)c5c4[C@]2(CCN3CC2CC2)[C@@H]1O5. The van der Waals surface area contributed by atoms with E-state index < -0.39 is 46.6 Å². The molecule has 2 aromatic rings. The summed E-state index contributed by atoms with van der Waals surface area (Å²) in [6, 6.07) is 6.89. The monoisotopic (exact) mass is 840 g/mol. The summed E-state index contributed by atoms with van der Waals surface area (Å²) in [6.45, 7) is 3.19. The highest BCUT2D eigenvalue weighted by Crippen LogP contribution is 2.67. The normalized spacial score (nSPS) is 35.8. The first-order valence-electron chi connectivity index (χ1n) is 22.2. The lowest BCUT2D eigenvalue weighted by Crippen LogP contribution is -2.75. The Morgan fingerprint density at radius 2 is 1.10 bits per heavy atom. The van der Waals surface area contributed by atoms with Crippen molar-refractivity contribution < 1.29 is 63.2 Å². The number of likely N-dealkylation sites (tertiary alicyclic amines) is 2. The van der Waals surface area contributed by atoms with Crippen LogP contribution in [0.3, 0.4) is 0 Å². The first-order chi connectivity index (χ1) is 29.5. The van der Waals surface area contributed by atoms with Crippen LogP contribution in [0.4, 0.5) is 9.59 Å². The van der Waals surface area contributed by atoms with Gasteiger partial charge in [-0.15, -0.1) is 0 Å². The lowest BCUT2D eigenvalue weighted by atomic mass is 9.50. The molecule has 6 aliphatic carbocycles. The standard InChI is InChI=1S/C46H52N2O13/c49-29-7-5-27-21-33-45(53)11-9-31(39-43(45,35(27)37(29)60-39)13-15-47(33)23-25-1-2-25)58-41(51)56-19-17-55-18-20-57-42(52)59-32-10-12-46(54)34-22-28-6-8-30(50)38-36(28)44(46,40(32)61-38)14-16-48(34)24-26-3-4-26/h5-10,25-26,33-34,39-40,49-50,53-54H,1-4,11-24H2/t33-,34-,39+,40+,43+,44+,45-,46-/m0/s1. The first-order valence-corrected chi connectivity index (χ1v) is 22.2. The van der Waals surface area contributed by atoms with Crippen LogP contribution in [0.2, 0.25) is 0 Å². The molecule has 324 valence electrons. The van der Waals surface area contributed by atoms with E-state index in [0.717, 1.165) is 48.4 Å². The molecule has 4 N–H and O–H groups in total. The third-order valence-corrected chi connectivity index (χ3v) is 16.1. The largest absolute Gasteiger partial charge is 0.513 e. The zero-order valence-corrected chi connectivity index (χ0v) is 34.0. The summed E-state index contributed by atoms with van der Waals surface area (Å²) in [4.78, 5) is 30.9. The van der Waals surface area contributed by atoms with Gasteiger partial charge in [0.2, 0.25) is 0 Å². The molecule has 4 aliphatic heterocycles. The molecule has 0 amide bonds. The number of carbonyl (C=O) groups excluding carboxylic acids is 2. The summed E-state index contributed by atoms with van der Waals surface area (Å²) in [5.41, 5.74) is -0.343.